The van der Waals surface area contributed by atoms with Gasteiger partial charge in [0, 0.05) is 18.8 Å². The SMILES string of the molecule is c1cncc(Cc2ncon2)c1. The molecule has 4 nitrogen and oxygen atoms in total. The summed E-state index contributed by atoms with van der Waals surface area (Å²) in [6.07, 6.45) is 5.52. The minimum Gasteiger partial charge on any atom is -0.343 e. The molecule has 0 unspecified atom stereocenters. The normalized spacial score (nSPS) is 10.0. The summed E-state index contributed by atoms with van der Waals surface area (Å²) in [5.41, 5.74) is 1.08. The standard InChI is InChI=1S/C8H7N3O/c1-2-7(5-9-3-1)4-8-10-6-12-11-8/h1-3,5-6H,4H2. The first kappa shape index (κ1) is 6.97. The van der Waals surface area contributed by atoms with E-state index in [9.17, 15) is 0 Å². The minimum atomic E-state index is 0.671. The minimum absolute atomic E-state index is 0.671. The quantitative estimate of drug-likeness (QED) is 0.660. The predicted octanol–water partition coefficient (Wildman–Crippen LogP) is 1.06. The van der Waals surface area contributed by atoms with E-state index in [0.717, 1.165) is 5.56 Å². The molecule has 0 aliphatic heterocycles. The van der Waals surface area contributed by atoms with Crippen LogP contribution in [0.1, 0.15) is 11.4 Å². The molecule has 4 heteroatoms. The lowest BCUT2D eigenvalue weighted by atomic mass is 10.2. The van der Waals surface area contributed by atoms with E-state index in [1.807, 2.05) is 12.1 Å². The molecule has 0 fully saturated rings. The van der Waals surface area contributed by atoms with Crippen LogP contribution < -0.4 is 0 Å². The van der Waals surface area contributed by atoms with Crippen LogP contribution in [0.25, 0.3) is 0 Å². The molecule has 2 rings (SSSR count). The second-order valence-electron chi connectivity index (χ2n) is 2.39. The van der Waals surface area contributed by atoms with Gasteiger partial charge in [0.05, 0.1) is 0 Å². The van der Waals surface area contributed by atoms with Crippen LogP contribution in [0.4, 0.5) is 0 Å². The van der Waals surface area contributed by atoms with Crippen LogP contribution in [0.2, 0.25) is 0 Å². The molecule has 0 saturated heterocycles. The van der Waals surface area contributed by atoms with Crippen molar-refractivity contribution in [3.63, 3.8) is 0 Å². The molecule has 12 heavy (non-hydrogen) atoms. The Morgan fingerprint density at radius 3 is 3.08 bits per heavy atom. The molecule has 0 aromatic carbocycles. The van der Waals surface area contributed by atoms with E-state index in [4.69, 9.17) is 0 Å². The van der Waals surface area contributed by atoms with Gasteiger partial charge >= 0.3 is 0 Å². The van der Waals surface area contributed by atoms with Gasteiger partial charge in [0.15, 0.2) is 5.82 Å². The molecular formula is C8H7N3O. The van der Waals surface area contributed by atoms with Gasteiger partial charge in [0.25, 0.3) is 0 Å². The van der Waals surface area contributed by atoms with Gasteiger partial charge in [-0.2, -0.15) is 4.98 Å². The highest BCUT2D eigenvalue weighted by atomic mass is 16.5. The smallest absolute Gasteiger partial charge is 0.213 e. The second kappa shape index (κ2) is 3.13. The van der Waals surface area contributed by atoms with Gasteiger partial charge in [-0.1, -0.05) is 11.2 Å². The number of hydrogen-bond acceptors (Lipinski definition) is 4. The maximum absolute atomic E-state index is 4.61. The molecule has 0 saturated carbocycles. The van der Waals surface area contributed by atoms with E-state index in [1.165, 1.54) is 6.39 Å². The van der Waals surface area contributed by atoms with Crippen LogP contribution in [-0.4, -0.2) is 15.1 Å². The highest BCUT2D eigenvalue weighted by molar-refractivity contribution is 5.12. The first-order chi connectivity index (χ1) is 5.95. The fraction of sp³-hybridized carbons (Fsp3) is 0.125. The Bertz CT molecular complexity index is 330. The first-order valence-corrected chi connectivity index (χ1v) is 3.59. The topological polar surface area (TPSA) is 51.8 Å². The maximum Gasteiger partial charge on any atom is 0.213 e. The van der Waals surface area contributed by atoms with Crippen molar-refractivity contribution >= 4 is 0 Å². The summed E-state index contributed by atoms with van der Waals surface area (Å²) in [4.78, 5) is 7.89. The zero-order valence-corrected chi connectivity index (χ0v) is 6.34. The van der Waals surface area contributed by atoms with Gasteiger partial charge in [0.2, 0.25) is 6.39 Å². The Morgan fingerprint density at radius 1 is 1.42 bits per heavy atom. The number of rotatable bonds is 2. The van der Waals surface area contributed by atoms with Crippen LogP contribution in [-0.2, 0) is 6.42 Å². The van der Waals surface area contributed by atoms with E-state index < -0.39 is 0 Å². The molecule has 0 atom stereocenters. The van der Waals surface area contributed by atoms with Crippen molar-refractivity contribution in [2.75, 3.05) is 0 Å². The van der Waals surface area contributed by atoms with Crippen molar-refractivity contribution in [1.82, 2.24) is 15.1 Å². The van der Waals surface area contributed by atoms with E-state index in [1.54, 1.807) is 12.4 Å². The van der Waals surface area contributed by atoms with E-state index in [0.29, 0.717) is 12.2 Å². The molecule has 0 spiro atoms. The Balaban J connectivity index is 2.15. The van der Waals surface area contributed by atoms with Gasteiger partial charge in [0.1, 0.15) is 0 Å². The Hall–Kier alpha value is -1.71. The van der Waals surface area contributed by atoms with Crippen molar-refractivity contribution in [1.29, 1.82) is 0 Å². The van der Waals surface area contributed by atoms with Crippen LogP contribution in [0.3, 0.4) is 0 Å². The summed E-state index contributed by atoms with van der Waals surface area (Å²) in [6, 6.07) is 3.86. The molecule has 0 N–H and O–H groups in total. The molecule has 0 aliphatic carbocycles. The first-order valence-electron chi connectivity index (χ1n) is 3.59. The Morgan fingerprint density at radius 2 is 2.42 bits per heavy atom. The average Bonchev–Trinajstić information content (AvgIpc) is 2.59. The fourth-order valence-corrected chi connectivity index (χ4v) is 0.956. The van der Waals surface area contributed by atoms with Crippen molar-refractivity contribution in [2.45, 2.75) is 6.42 Å². The van der Waals surface area contributed by atoms with Gasteiger partial charge in [-0.3, -0.25) is 4.98 Å². The lowest BCUT2D eigenvalue weighted by molar-refractivity contribution is 0.411. The van der Waals surface area contributed by atoms with Crippen molar-refractivity contribution in [3.8, 4) is 0 Å². The van der Waals surface area contributed by atoms with Crippen molar-refractivity contribution in [2.24, 2.45) is 0 Å². The Labute approximate surface area is 69.3 Å². The zero-order valence-electron chi connectivity index (χ0n) is 6.34. The third-order valence-corrected chi connectivity index (χ3v) is 1.49. The molecule has 2 heterocycles. The third kappa shape index (κ3) is 1.47. The highest BCUT2D eigenvalue weighted by Gasteiger charge is 1.99. The largest absolute Gasteiger partial charge is 0.343 e. The van der Waals surface area contributed by atoms with Gasteiger partial charge < -0.3 is 4.52 Å². The second-order valence-corrected chi connectivity index (χ2v) is 2.39. The van der Waals surface area contributed by atoms with E-state index in [2.05, 4.69) is 19.6 Å². The summed E-state index contributed by atoms with van der Waals surface area (Å²) < 4.78 is 4.61. The maximum atomic E-state index is 4.61. The number of nitrogens with zero attached hydrogens (tertiary/aromatic N) is 3. The molecular weight excluding hydrogens is 154 g/mol. The zero-order chi connectivity index (χ0) is 8.23. The molecule has 60 valence electrons. The summed E-state index contributed by atoms with van der Waals surface area (Å²) in [7, 11) is 0. The van der Waals surface area contributed by atoms with Crippen molar-refractivity contribution in [3.05, 3.63) is 42.3 Å². The average molecular weight is 161 g/mol. The van der Waals surface area contributed by atoms with Crippen molar-refractivity contribution < 1.29 is 4.52 Å². The summed E-state index contributed by atoms with van der Waals surface area (Å²) in [6.45, 7) is 0. The summed E-state index contributed by atoms with van der Waals surface area (Å²) in [5.74, 6) is 0.683. The van der Waals surface area contributed by atoms with Crippen LogP contribution >= 0.6 is 0 Å². The molecule has 2 aromatic heterocycles. The van der Waals surface area contributed by atoms with E-state index >= 15 is 0 Å². The monoisotopic (exact) mass is 161 g/mol. The van der Waals surface area contributed by atoms with Gasteiger partial charge in [-0.15, -0.1) is 0 Å². The number of aromatic nitrogens is 3. The van der Waals surface area contributed by atoms with Crippen LogP contribution in [0, 0.1) is 0 Å². The predicted molar refractivity (Wildman–Crippen MR) is 41.3 cm³/mol. The lowest BCUT2D eigenvalue weighted by Gasteiger charge is -1.92. The van der Waals surface area contributed by atoms with Gasteiger partial charge in [-0.05, 0) is 11.6 Å². The summed E-state index contributed by atoms with van der Waals surface area (Å²) in [5, 5.41) is 3.70. The number of hydrogen-bond donors (Lipinski definition) is 0. The van der Waals surface area contributed by atoms with Crippen LogP contribution in [0.15, 0.2) is 35.4 Å². The summed E-state index contributed by atoms with van der Waals surface area (Å²) >= 11 is 0. The fourth-order valence-electron chi connectivity index (χ4n) is 0.956. The molecule has 2 aromatic rings. The molecule has 0 aliphatic rings. The number of pyridine rings is 1. The third-order valence-electron chi connectivity index (χ3n) is 1.49. The Kier molecular flexibility index (Phi) is 1.82. The van der Waals surface area contributed by atoms with Gasteiger partial charge in [-0.25, -0.2) is 0 Å². The van der Waals surface area contributed by atoms with Crippen LogP contribution in [0.5, 0.6) is 0 Å². The molecule has 0 bridgehead atoms. The van der Waals surface area contributed by atoms with E-state index in [-0.39, 0.29) is 0 Å². The molecule has 0 amide bonds. The molecule has 0 radical (unpaired) electrons. The highest BCUT2D eigenvalue weighted by Crippen LogP contribution is 2.01. The lowest BCUT2D eigenvalue weighted by Crippen LogP contribution is -1.90.